The molecule has 108 valence electrons. The van der Waals surface area contributed by atoms with Crippen molar-refractivity contribution in [3.8, 4) is 5.75 Å². The summed E-state index contributed by atoms with van der Waals surface area (Å²) in [4.78, 5) is 1.33. The summed E-state index contributed by atoms with van der Waals surface area (Å²) in [5.74, 6) is 0.906. The molecule has 1 aromatic carbocycles. The molecule has 1 aromatic heterocycles. The quantitative estimate of drug-likeness (QED) is 0.828. The van der Waals surface area contributed by atoms with E-state index in [0.29, 0.717) is 6.04 Å². The van der Waals surface area contributed by atoms with E-state index >= 15 is 0 Å². The summed E-state index contributed by atoms with van der Waals surface area (Å²) in [7, 11) is 1.69. The molecule has 0 fully saturated rings. The van der Waals surface area contributed by atoms with Crippen molar-refractivity contribution in [1.29, 1.82) is 0 Å². The smallest absolute Gasteiger partial charge is 0.118 e. The van der Waals surface area contributed by atoms with Gasteiger partial charge in [0.25, 0.3) is 0 Å². The Balaban J connectivity index is 1.72. The van der Waals surface area contributed by atoms with Gasteiger partial charge in [-0.05, 0) is 49.6 Å². The molecule has 0 saturated carbocycles. The number of rotatable bonds is 7. The number of hydrogen-bond acceptors (Lipinski definition) is 3. The van der Waals surface area contributed by atoms with Crippen molar-refractivity contribution < 1.29 is 4.74 Å². The second-order valence-corrected chi connectivity index (χ2v) is 6.66. The molecule has 20 heavy (non-hydrogen) atoms. The van der Waals surface area contributed by atoms with Gasteiger partial charge in [-0.1, -0.05) is 23.7 Å². The Hall–Kier alpha value is -1.03. The normalized spacial score (nSPS) is 12.3. The van der Waals surface area contributed by atoms with Crippen molar-refractivity contribution in [1.82, 2.24) is 5.32 Å². The minimum atomic E-state index is 0.457. The van der Waals surface area contributed by atoms with Gasteiger partial charge in [-0.25, -0.2) is 0 Å². The van der Waals surface area contributed by atoms with Crippen LogP contribution >= 0.6 is 22.9 Å². The number of thiophene rings is 1. The van der Waals surface area contributed by atoms with Crippen LogP contribution in [0.5, 0.6) is 5.75 Å². The Kier molecular flexibility index (Phi) is 5.89. The number of nitrogens with one attached hydrogen (secondary N) is 1. The third-order valence-electron chi connectivity index (χ3n) is 3.19. The maximum absolute atomic E-state index is 5.92. The third kappa shape index (κ3) is 4.82. The fraction of sp³-hybridized carbons (Fsp3) is 0.375. The second kappa shape index (κ2) is 7.67. The SMILES string of the molecule is COc1ccc(CC(C)NCCc2ccc(Cl)s2)cc1. The Bertz CT molecular complexity index is 524. The highest BCUT2D eigenvalue weighted by atomic mass is 35.5. The highest BCUT2D eigenvalue weighted by Crippen LogP contribution is 2.21. The largest absolute Gasteiger partial charge is 0.497 e. The first-order valence-corrected chi connectivity index (χ1v) is 7.97. The first-order chi connectivity index (χ1) is 9.67. The van der Waals surface area contributed by atoms with Crippen molar-refractivity contribution in [3.63, 3.8) is 0 Å². The summed E-state index contributed by atoms with van der Waals surface area (Å²) in [6, 6.07) is 12.8. The van der Waals surface area contributed by atoms with Gasteiger partial charge in [0.2, 0.25) is 0 Å². The number of benzene rings is 1. The third-order valence-corrected chi connectivity index (χ3v) is 4.48. The predicted molar refractivity (Wildman–Crippen MR) is 87.2 cm³/mol. The monoisotopic (exact) mass is 309 g/mol. The highest BCUT2D eigenvalue weighted by Gasteiger charge is 2.04. The topological polar surface area (TPSA) is 21.3 Å². The van der Waals surface area contributed by atoms with Crippen LogP contribution in [0.15, 0.2) is 36.4 Å². The van der Waals surface area contributed by atoms with Gasteiger partial charge in [0.1, 0.15) is 5.75 Å². The van der Waals surface area contributed by atoms with E-state index in [1.54, 1.807) is 18.4 Å². The van der Waals surface area contributed by atoms with Crippen LogP contribution in [-0.4, -0.2) is 19.7 Å². The maximum atomic E-state index is 5.92. The van der Waals surface area contributed by atoms with Crippen LogP contribution in [0.3, 0.4) is 0 Å². The van der Waals surface area contributed by atoms with Gasteiger partial charge in [-0.2, -0.15) is 0 Å². The molecular weight excluding hydrogens is 290 g/mol. The van der Waals surface area contributed by atoms with Gasteiger partial charge < -0.3 is 10.1 Å². The summed E-state index contributed by atoms with van der Waals surface area (Å²) in [6.45, 7) is 3.19. The number of halogens is 1. The van der Waals surface area contributed by atoms with E-state index in [9.17, 15) is 0 Å². The summed E-state index contributed by atoms with van der Waals surface area (Å²) >= 11 is 7.58. The maximum Gasteiger partial charge on any atom is 0.118 e. The van der Waals surface area contributed by atoms with Crippen LogP contribution in [0.4, 0.5) is 0 Å². The molecule has 1 atom stereocenters. The molecule has 1 heterocycles. The molecule has 0 saturated heterocycles. The predicted octanol–water partition coefficient (Wildman–Crippen LogP) is 4.17. The lowest BCUT2D eigenvalue weighted by Crippen LogP contribution is -2.29. The molecule has 0 bridgehead atoms. The van der Waals surface area contributed by atoms with Crippen molar-refractivity contribution in [3.05, 3.63) is 51.2 Å². The molecule has 2 rings (SSSR count). The second-order valence-electron chi connectivity index (χ2n) is 4.86. The van der Waals surface area contributed by atoms with E-state index < -0.39 is 0 Å². The lowest BCUT2D eigenvalue weighted by Gasteiger charge is -2.13. The molecule has 0 aliphatic rings. The Morgan fingerprint density at radius 3 is 2.55 bits per heavy atom. The van der Waals surface area contributed by atoms with E-state index in [1.165, 1.54) is 10.4 Å². The average molecular weight is 310 g/mol. The minimum absolute atomic E-state index is 0.457. The summed E-state index contributed by atoms with van der Waals surface area (Å²) in [6.07, 6.45) is 2.06. The zero-order chi connectivity index (χ0) is 14.4. The van der Waals surface area contributed by atoms with Crippen molar-refractivity contribution in [2.45, 2.75) is 25.8 Å². The molecule has 1 N–H and O–H groups in total. The van der Waals surface area contributed by atoms with Crippen molar-refractivity contribution in [2.24, 2.45) is 0 Å². The van der Waals surface area contributed by atoms with Gasteiger partial charge in [-0.3, -0.25) is 0 Å². The first kappa shape index (κ1) is 15.4. The van der Waals surface area contributed by atoms with E-state index in [-0.39, 0.29) is 0 Å². The van der Waals surface area contributed by atoms with Gasteiger partial charge in [0, 0.05) is 17.5 Å². The molecule has 0 amide bonds. The van der Waals surface area contributed by atoms with E-state index in [0.717, 1.165) is 29.5 Å². The van der Waals surface area contributed by atoms with Crippen LogP contribution < -0.4 is 10.1 Å². The summed E-state index contributed by atoms with van der Waals surface area (Å²) in [5, 5.41) is 3.55. The Morgan fingerprint density at radius 1 is 1.20 bits per heavy atom. The van der Waals surface area contributed by atoms with E-state index in [4.69, 9.17) is 16.3 Å². The highest BCUT2D eigenvalue weighted by molar-refractivity contribution is 7.16. The molecule has 4 heteroatoms. The molecular formula is C16H20ClNOS. The van der Waals surface area contributed by atoms with Crippen LogP contribution in [0.1, 0.15) is 17.4 Å². The van der Waals surface area contributed by atoms with Crippen molar-refractivity contribution in [2.75, 3.05) is 13.7 Å². The van der Waals surface area contributed by atoms with Gasteiger partial charge in [0.15, 0.2) is 0 Å². The van der Waals surface area contributed by atoms with Gasteiger partial charge in [0.05, 0.1) is 11.4 Å². The molecule has 0 spiro atoms. The Morgan fingerprint density at radius 2 is 1.95 bits per heavy atom. The number of methoxy groups -OCH3 is 1. The van der Waals surface area contributed by atoms with Crippen LogP contribution in [0, 0.1) is 0 Å². The molecule has 2 aromatic rings. The summed E-state index contributed by atoms with van der Waals surface area (Å²) in [5.41, 5.74) is 1.32. The van der Waals surface area contributed by atoms with E-state index in [2.05, 4.69) is 30.4 Å². The zero-order valence-corrected chi connectivity index (χ0v) is 13.4. The molecule has 0 aliphatic heterocycles. The van der Waals surface area contributed by atoms with Crippen molar-refractivity contribution >= 4 is 22.9 Å². The zero-order valence-electron chi connectivity index (χ0n) is 11.9. The molecule has 1 unspecified atom stereocenters. The standard InChI is InChI=1S/C16H20ClNOS/c1-12(11-13-3-5-14(19-2)6-4-13)18-10-9-15-7-8-16(17)20-15/h3-8,12,18H,9-11H2,1-2H3. The number of hydrogen-bond donors (Lipinski definition) is 1. The molecule has 0 aliphatic carbocycles. The first-order valence-electron chi connectivity index (χ1n) is 6.78. The van der Waals surface area contributed by atoms with Crippen LogP contribution in [0.25, 0.3) is 0 Å². The average Bonchev–Trinajstić information content (AvgIpc) is 2.85. The molecule has 2 nitrogen and oxygen atoms in total. The minimum Gasteiger partial charge on any atom is -0.497 e. The van der Waals surface area contributed by atoms with Gasteiger partial charge >= 0.3 is 0 Å². The lowest BCUT2D eigenvalue weighted by atomic mass is 10.1. The number of ether oxygens (including phenoxy) is 1. The van der Waals surface area contributed by atoms with E-state index in [1.807, 2.05) is 18.2 Å². The lowest BCUT2D eigenvalue weighted by molar-refractivity contribution is 0.414. The van der Waals surface area contributed by atoms with Crippen LogP contribution in [0.2, 0.25) is 4.34 Å². The summed E-state index contributed by atoms with van der Waals surface area (Å²) < 4.78 is 6.03. The molecule has 0 radical (unpaired) electrons. The fourth-order valence-electron chi connectivity index (χ4n) is 2.12. The van der Waals surface area contributed by atoms with Crippen LogP contribution in [-0.2, 0) is 12.8 Å². The fourth-order valence-corrected chi connectivity index (χ4v) is 3.20. The Labute approximate surface area is 129 Å². The van der Waals surface area contributed by atoms with Gasteiger partial charge in [-0.15, -0.1) is 11.3 Å².